The standard InChI is InChI=1S/C9H11NO2.C6H13NO2.C4H8N2O3/c10-8(9(11)12)6-7-4-2-1-3-5-7;1-3-4(2)5(7)6(8)9;5-2(4(8)9)1-3(6)7/h1-5,8H,6,10H2,(H,11,12);4-5H,3,7H2,1-2H3,(H,8,9);2H,1,5H2,(H2,6,7)(H,8,9). The first kappa shape index (κ1) is 29.2. The van der Waals surface area contributed by atoms with Gasteiger partial charge in [0.15, 0.2) is 0 Å². The molecule has 11 heteroatoms. The highest BCUT2D eigenvalue weighted by Gasteiger charge is 2.17. The minimum atomic E-state index is -1.21. The second kappa shape index (κ2) is 15.9. The lowest BCUT2D eigenvalue weighted by molar-refractivity contribution is -0.140. The van der Waals surface area contributed by atoms with Gasteiger partial charge in [-0.2, -0.15) is 0 Å². The molecule has 0 aliphatic heterocycles. The van der Waals surface area contributed by atoms with E-state index in [0.29, 0.717) is 6.42 Å². The molecule has 0 aliphatic rings. The fourth-order valence-corrected chi connectivity index (χ4v) is 1.76. The SMILES string of the molecule is CCC(C)C(N)C(=O)O.NC(=O)CC(N)C(=O)O.NC(Cc1ccccc1)C(=O)O. The topological polar surface area (TPSA) is 233 Å². The zero-order valence-electron chi connectivity index (χ0n) is 17.1. The lowest BCUT2D eigenvalue weighted by atomic mass is 10.0. The van der Waals surface area contributed by atoms with E-state index in [4.69, 9.17) is 32.5 Å². The van der Waals surface area contributed by atoms with Crippen molar-refractivity contribution in [2.45, 2.75) is 51.2 Å². The van der Waals surface area contributed by atoms with Gasteiger partial charge in [0, 0.05) is 0 Å². The van der Waals surface area contributed by atoms with Gasteiger partial charge in [-0.3, -0.25) is 19.2 Å². The van der Waals surface area contributed by atoms with Crippen LogP contribution in [0.5, 0.6) is 0 Å². The molecule has 1 rings (SSSR count). The van der Waals surface area contributed by atoms with E-state index in [2.05, 4.69) is 5.73 Å². The van der Waals surface area contributed by atoms with Crippen molar-refractivity contribution in [2.24, 2.45) is 28.9 Å². The maximum absolute atomic E-state index is 10.4. The van der Waals surface area contributed by atoms with Gasteiger partial charge in [0.25, 0.3) is 0 Å². The Kier molecular flexibility index (Phi) is 15.4. The van der Waals surface area contributed by atoms with Gasteiger partial charge >= 0.3 is 17.9 Å². The molecule has 4 atom stereocenters. The molecule has 0 saturated carbocycles. The zero-order chi connectivity index (χ0) is 23.9. The Balaban J connectivity index is 0. The van der Waals surface area contributed by atoms with Crippen LogP contribution >= 0.6 is 0 Å². The van der Waals surface area contributed by atoms with Gasteiger partial charge in [0.2, 0.25) is 5.91 Å². The van der Waals surface area contributed by atoms with Gasteiger partial charge in [-0.25, -0.2) is 0 Å². The molecular formula is C19H32N4O7. The molecule has 170 valence electrons. The molecule has 11 N–H and O–H groups in total. The van der Waals surface area contributed by atoms with E-state index in [1.165, 1.54) is 0 Å². The number of carbonyl (C=O) groups excluding carboxylic acids is 1. The maximum Gasteiger partial charge on any atom is 0.321 e. The van der Waals surface area contributed by atoms with Crippen molar-refractivity contribution < 1.29 is 34.5 Å². The Morgan fingerprint density at radius 2 is 1.33 bits per heavy atom. The summed E-state index contributed by atoms with van der Waals surface area (Å²) in [4.78, 5) is 40.4. The number of hydrogen-bond acceptors (Lipinski definition) is 7. The maximum atomic E-state index is 10.4. The average Bonchev–Trinajstić information content (AvgIpc) is 2.67. The van der Waals surface area contributed by atoms with E-state index in [9.17, 15) is 19.2 Å². The summed E-state index contributed by atoms with van der Waals surface area (Å²) < 4.78 is 0. The third kappa shape index (κ3) is 15.0. The Hall–Kier alpha value is -3.02. The average molecular weight is 428 g/mol. The third-order valence-electron chi connectivity index (χ3n) is 3.90. The van der Waals surface area contributed by atoms with Crippen LogP contribution in [0.1, 0.15) is 32.3 Å². The van der Waals surface area contributed by atoms with Crippen molar-refractivity contribution in [1.29, 1.82) is 0 Å². The number of rotatable bonds is 9. The summed E-state index contributed by atoms with van der Waals surface area (Å²) in [6.45, 7) is 3.76. The minimum Gasteiger partial charge on any atom is -0.480 e. The molecule has 30 heavy (non-hydrogen) atoms. The van der Waals surface area contributed by atoms with Crippen LogP contribution in [0.4, 0.5) is 0 Å². The number of nitrogens with two attached hydrogens (primary N) is 4. The Morgan fingerprint density at radius 1 is 0.867 bits per heavy atom. The van der Waals surface area contributed by atoms with Gasteiger partial charge in [0.05, 0.1) is 6.42 Å². The summed E-state index contributed by atoms with van der Waals surface area (Å²) in [6.07, 6.45) is 0.888. The predicted octanol–water partition coefficient (Wildman–Crippen LogP) is -0.641. The first-order valence-electron chi connectivity index (χ1n) is 9.10. The second-order valence-electron chi connectivity index (χ2n) is 6.50. The summed E-state index contributed by atoms with van der Waals surface area (Å²) in [5.74, 6) is -3.72. The lowest BCUT2D eigenvalue weighted by Gasteiger charge is -2.11. The monoisotopic (exact) mass is 428 g/mol. The highest BCUT2D eigenvalue weighted by atomic mass is 16.4. The summed E-state index contributed by atoms with van der Waals surface area (Å²) in [6, 6.07) is 6.68. The Labute approximate surface area is 175 Å². The van der Waals surface area contributed by atoms with Crippen LogP contribution in [0, 0.1) is 5.92 Å². The number of amides is 1. The molecule has 0 bridgehead atoms. The number of benzene rings is 1. The minimum absolute atomic E-state index is 0.0718. The fourth-order valence-electron chi connectivity index (χ4n) is 1.76. The van der Waals surface area contributed by atoms with Gasteiger partial charge in [-0.05, 0) is 17.9 Å². The highest BCUT2D eigenvalue weighted by Crippen LogP contribution is 2.04. The van der Waals surface area contributed by atoms with Gasteiger partial charge in [-0.1, -0.05) is 50.6 Å². The van der Waals surface area contributed by atoms with E-state index >= 15 is 0 Å². The number of carboxylic acids is 3. The van der Waals surface area contributed by atoms with Gasteiger partial charge < -0.3 is 38.3 Å². The Bertz CT molecular complexity index is 670. The van der Waals surface area contributed by atoms with E-state index in [0.717, 1.165) is 12.0 Å². The van der Waals surface area contributed by atoms with Crippen LogP contribution in [0.3, 0.4) is 0 Å². The fraction of sp³-hybridized carbons (Fsp3) is 0.474. The first-order valence-corrected chi connectivity index (χ1v) is 9.10. The van der Waals surface area contributed by atoms with Crippen molar-refractivity contribution >= 4 is 23.8 Å². The van der Waals surface area contributed by atoms with Crippen molar-refractivity contribution in [3.63, 3.8) is 0 Å². The van der Waals surface area contributed by atoms with Crippen molar-refractivity contribution in [3.05, 3.63) is 35.9 Å². The molecule has 0 aromatic heterocycles. The van der Waals surface area contributed by atoms with E-state index < -0.39 is 41.9 Å². The smallest absolute Gasteiger partial charge is 0.321 e. The van der Waals surface area contributed by atoms with Crippen LogP contribution in [-0.2, 0) is 25.6 Å². The molecule has 11 nitrogen and oxygen atoms in total. The quantitative estimate of drug-likeness (QED) is 0.262. The number of carboxylic acid groups (broad SMARTS) is 3. The molecule has 0 spiro atoms. The summed E-state index contributed by atoms with van der Waals surface area (Å²) in [5, 5.41) is 25.0. The Morgan fingerprint density at radius 3 is 1.60 bits per heavy atom. The van der Waals surface area contributed by atoms with Crippen LogP contribution in [0.2, 0.25) is 0 Å². The van der Waals surface area contributed by atoms with Gasteiger partial charge in [0.1, 0.15) is 18.1 Å². The van der Waals surface area contributed by atoms with E-state index in [1.54, 1.807) is 0 Å². The van der Waals surface area contributed by atoms with E-state index in [-0.39, 0.29) is 12.3 Å². The molecule has 0 fully saturated rings. The molecule has 0 heterocycles. The van der Waals surface area contributed by atoms with Crippen molar-refractivity contribution in [1.82, 2.24) is 0 Å². The van der Waals surface area contributed by atoms with Crippen LogP contribution in [0.25, 0.3) is 0 Å². The molecule has 0 saturated heterocycles. The largest absolute Gasteiger partial charge is 0.480 e. The van der Waals surface area contributed by atoms with Crippen LogP contribution in [0.15, 0.2) is 30.3 Å². The number of carbonyl (C=O) groups is 4. The molecule has 1 aromatic rings. The van der Waals surface area contributed by atoms with E-state index in [1.807, 2.05) is 44.2 Å². The normalized spacial score (nSPS) is 13.8. The summed E-state index contributed by atoms with van der Waals surface area (Å²) in [5.41, 5.74) is 21.1. The molecule has 0 aliphatic carbocycles. The molecule has 1 amide bonds. The van der Waals surface area contributed by atoms with Crippen LogP contribution in [-0.4, -0.2) is 57.3 Å². The molecule has 4 unspecified atom stereocenters. The lowest BCUT2D eigenvalue weighted by Crippen LogP contribution is -2.36. The predicted molar refractivity (Wildman–Crippen MR) is 110 cm³/mol. The number of hydrogen-bond donors (Lipinski definition) is 7. The summed E-state index contributed by atoms with van der Waals surface area (Å²) >= 11 is 0. The van der Waals surface area contributed by atoms with Crippen molar-refractivity contribution in [2.75, 3.05) is 0 Å². The van der Waals surface area contributed by atoms with Crippen molar-refractivity contribution in [3.8, 4) is 0 Å². The third-order valence-corrected chi connectivity index (χ3v) is 3.90. The summed E-state index contributed by atoms with van der Waals surface area (Å²) in [7, 11) is 0. The molecule has 1 aromatic carbocycles. The number of aliphatic carboxylic acids is 3. The molecule has 0 radical (unpaired) electrons. The van der Waals surface area contributed by atoms with Crippen LogP contribution < -0.4 is 22.9 Å². The molecular weight excluding hydrogens is 396 g/mol. The highest BCUT2D eigenvalue weighted by molar-refractivity contribution is 5.83. The zero-order valence-corrected chi connectivity index (χ0v) is 17.1. The second-order valence-corrected chi connectivity index (χ2v) is 6.50. The number of primary amides is 1. The van der Waals surface area contributed by atoms with Gasteiger partial charge in [-0.15, -0.1) is 0 Å². The first-order chi connectivity index (χ1) is 13.8.